The van der Waals surface area contributed by atoms with Crippen molar-refractivity contribution in [3.05, 3.63) is 35.2 Å². The summed E-state index contributed by atoms with van der Waals surface area (Å²) in [6, 6.07) is 8.10. The highest BCUT2D eigenvalue weighted by atomic mass is 32.1. The zero-order valence-corrected chi connectivity index (χ0v) is 10.0. The molecule has 4 heteroatoms. The van der Waals surface area contributed by atoms with E-state index in [1.54, 1.807) is 11.3 Å². The van der Waals surface area contributed by atoms with E-state index < -0.39 is 0 Å². The first-order valence-corrected chi connectivity index (χ1v) is 6.11. The van der Waals surface area contributed by atoms with Crippen LogP contribution < -0.4 is 11.1 Å². The van der Waals surface area contributed by atoms with Gasteiger partial charge in [0.2, 0.25) is 5.91 Å². The lowest BCUT2D eigenvalue weighted by molar-refractivity contribution is -0.119. The van der Waals surface area contributed by atoms with Crippen LogP contribution in [0, 0.1) is 11.8 Å². The number of carbonyl (C=O) groups is 1. The highest BCUT2D eigenvalue weighted by Crippen LogP contribution is 2.23. The van der Waals surface area contributed by atoms with E-state index in [9.17, 15) is 4.79 Å². The summed E-state index contributed by atoms with van der Waals surface area (Å²) in [7, 11) is 0. The maximum absolute atomic E-state index is 10.9. The molecule has 0 unspecified atom stereocenters. The standard InChI is InChI=1S/C13H12N2OS/c14-9-12(16)15-7-2-5-10-3-1-4-11-6-8-17-13(10)11/h1,3-4,6,8H,7,9,14H2,(H,15,16). The monoisotopic (exact) mass is 244 g/mol. The summed E-state index contributed by atoms with van der Waals surface area (Å²) in [5, 5.41) is 5.86. The Morgan fingerprint density at radius 2 is 2.29 bits per heavy atom. The van der Waals surface area contributed by atoms with Crippen molar-refractivity contribution in [2.45, 2.75) is 0 Å². The molecule has 2 aromatic rings. The Hall–Kier alpha value is -1.83. The van der Waals surface area contributed by atoms with E-state index >= 15 is 0 Å². The SMILES string of the molecule is NCC(=O)NCC#Cc1cccc2ccsc12. The first-order valence-electron chi connectivity index (χ1n) is 5.23. The number of benzene rings is 1. The average molecular weight is 244 g/mol. The molecule has 0 radical (unpaired) electrons. The number of thiophene rings is 1. The molecular weight excluding hydrogens is 232 g/mol. The summed E-state index contributed by atoms with van der Waals surface area (Å²) in [5.74, 6) is 5.79. The van der Waals surface area contributed by atoms with E-state index in [4.69, 9.17) is 5.73 Å². The lowest BCUT2D eigenvalue weighted by Crippen LogP contribution is -2.30. The Kier molecular flexibility index (Phi) is 3.76. The highest BCUT2D eigenvalue weighted by Gasteiger charge is 1.98. The van der Waals surface area contributed by atoms with Crippen LogP contribution in [0.4, 0.5) is 0 Å². The van der Waals surface area contributed by atoms with Crippen molar-refractivity contribution in [1.82, 2.24) is 5.32 Å². The van der Waals surface area contributed by atoms with E-state index in [1.807, 2.05) is 17.5 Å². The van der Waals surface area contributed by atoms with Gasteiger partial charge in [0.25, 0.3) is 0 Å². The van der Waals surface area contributed by atoms with Crippen LogP contribution in [0.5, 0.6) is 0 Å². The zero-order chi connectivity index (χ0) is 12.1. The molecule has 2 rings (SSSR count). The van der Waals surface area contributed by atoms with Crippen molar-refractivity contribution in [2.75, 3.05) is 13.1 Å². The van der Waals surface area contributed by atoms with Gasteiger partial charge in [-0.25, -0.2) is 0 Å². The molecule has 86 valence electrons. The van der Waals surface area contributed by atoms with Gasteiger partial charge in [-0.1, -0.05) is 24.0 Å². The lowest BCUT2D eigenvalue weighted by Gasteiger charge is -1.96. The molecule has 0 aliphatic carbocycles. The van der Waals surface area contributed by atoms with E-state index in [0.29, 0.717) is 6.54 Å². The Morgan fingerprint density at radius 3 is 3.12 bits per heavy atom. The molecule has 0 saturated carbocycles. The molecule has 1 heterocycles. The third-order valence-corrected chi connectivity index (χ3v) is 3.22. The second kappa shape index (κ2) is 5.48. The van der Waals surface area contributed by atoms with Gasteiger partial charge in [-0.05, 0) is 22.9 Å². The van der Waals surface area contributed by atoms with Crippen LogP contribution in [0.15, 0.2) is 29.6 Å². The third-order valence-electron chi connectivity index (χ3n) is 2.26. The number of hydrogen-bond acceptors (Lipinski definition) is 3. The second-order valence-electron chi connectivity index (χ2n) is 3.43. The van der Waals surface area contributed by atoms with Gasteiger partial charge in [-0.3, -0.25) is 4.79 Å². The molecule has 1 aromatic carbocycles. The predicted molar refractivity (Wildman–Crippen MR) is 70.8 cm³/mol. The molecule has 0 saturated heterocycles. The average Bonchev–Trinajstić information content (AvgIpc) is 2.83. The topological polar surface area (TPSA) is 55.1 Å². The van der Waals surface area contributed by atoms with Crippen LogP contribution in [0.2, 0.25) is 0 Å². The molecular formula is C13H12N2OS. The third kappa shape index (κ3) is 2.84. The van der Waals surface area contributed by atoms with Gasteiger partial charge in [0.1, 0.15) is 0 Å². The van der Waals surface area contributed by atoms with E-state index in [1.165, 1.54) is 10.1 Å². The summed E-state index contributed by atoms with van der Waals surface area (Å²) in [4.78, 5) is 10.9. The van der Waals surface area contributed by atoms with Crippen molar-refractivity contribution in [3.63, 3.8) is 0 Å². The van der Waals surface area contributed by atoms with Gasteiger partial charge in [0.05, 0.1) is 13.1 Å². The zero-order valence-electron chi connectivity index (χ0n) is 9.19. The number of nitrogens with two attached hydrogens (primary N) is 1. The summed E-state index contributed by atoms with van der Waals surface area (Å²) in [5.41, 5.74) is 6.17. The van der Waals surface area contributed by atoms with E-state index in [0.717, 1.165) is 5.56 Å². The Balaban J connectivity index is 2.11. The molecule has 0 aliphatic rings. The Labute approximate surface area is 104 Å². The number of amides is 1. The van der Waals surface area contributed by atoms with Crippen LogP contribution >= 0.6 is 11.3 Å². The Bertz CT molecular complexity index is 592. The number of hydrogen-bond donors (Lipinski definition) is 2. The normalized spacial score (nSPS) is 9.71. The molecule has 0 aliphatic heterocycles. The molecule has 0 fully saturated rings. The number of nitrogens with one attached hydrogen (secondary N) is 1. The predicted octanol–water partition coefficient (Wildman–Crippen LogP) is 1.33. The van der Waals surface area contributed by atoms with Crippen molar-refractivity contribution < 1.29 is 4.79 Å². The maximum Gasteiger partial charge on any atom is 0.234 e. The molecule has 0 spiro atoms. The number of rotatable bonds is 2. The largest absolute Gasteiger partial charge is 0.344 e. The number of fused-ring (bicyclic) bond motifs is 1. The number of carbonyl (C=O) groups excluding carboxylic acids is 1. The van der Waals surface area contributed by atoms with Gasteiger partial charge in [-0.2, -0.15) is 0 Å². The van der Waals surface area contributed by atoms with Crippen molar-refractivity contribution in [1.29, 1.82) is 0 Å². The fourth-order valence-corrected chi connectivity index (χ4v) is 2.31. The molecule has 3 nitrogen and oxygen atoms in total. The summed E-state index contributed by atoms with van der Waals surface area (Å²) < 4.78 is 1.19. The first kappa shape index (κ1) is 11.6. The van der Waals surface area contributed by atoms with Crippen LogP contribution in [0.3, 0.4) is 0 Å². The quantitative estimate of drug-likeness (QED) is 0.783. The van der Waals surface area contributed by atoms with Crippen LogP contribution in [0.25, 0.3) is 10.1 Å². The lowest BCUT2D eigenvalue weighted by atomic mass is 10.2. The van der Waals surface area contributed by atoms with Crippen molar-refractivity contribution in [2.24, 2.45) is 5.73 Å². The molecule has 17 heavy (non-hydrogen) atoms. The van der Waals surface area contributed by atoms with Crippen molar-refractivity contribution in [3.8, 4) is 11.8 Å². The van der Waals surface area contributed by atoms with Gasteiger partial charge in [0, 0.05) is 10.3 Å². The van der Waals surface area contributed by atoms with Gasteiger partial charge in [-0.15, -0.1) is 11.3 Å². The molecule has 1 aromatic heterocycles. The van der Waals surface area contributed by atoms with Crippen LogP contribution in [-0.4, -0.2) is 19.0 Å². The van der Waals surface area contributed by atoms with Crippen LogP contribution in [0.1, 0.15) is 5.56 Å². The Morgan fingerprint density at radius 1 is 1.41 bits per heavy atom. The van der Waals surface area contributed by atoms with Gasteiger partial charge < -0.3 is 11.1 Å². The maximum atomic E-state index is 10.9. The minimum atomic E-state index is -0.186. The fraction of sp³-hybridized carbons (Fsp3) is 0.154. The van der Waals surface area contributed by atoms with E-state index in [-0.39, 0.29) is 12.5 Å². The first-order chi connectivity index (χ1) is 8.31. The smallest absolute Gasteiger partial charge is 0.234 e. The molecule has 0 atom stereocenters. The second-order valence-corrected chi connectivity index (χ2v) is 4.34. The van der Waals surface area contributed by atoms with Crippen LogP contribution in [-0.2, 0) is 4.79 Å². The summed E-state index contributed by atoms with van der Waals surface area (Å²) in [6.45, 7) is 0.333. The summed E-state index contributed by atoms with van der Waals surface area (Å²) in [6.07, 6.45) is 0. The van der Waals surface area contributed by atoms with Crippen molar-refractivity contribution >= 4 is 27.3 Å². The summed E-state index contributed by atoms with van der Waals surface area (Å²) >= 11 is 1.67. The molecule has 1 amide bonds. The van der Waals surface area contributed by atoms with E-state index in [2.05, 4.69) is 29.3 Å². The fourth-order valence-electron chi connectivity index (χ4n) is 1.45. The minimum Gasteiger partial charge on any atom is -0.344 e. The van der Waals surface area contributed by atoms with Gasteiger partial charge in [0.15, 0.2) is 0 Å². The highest BCUT2D eigenvalue weighted by molar-refractivity contribution is 7.17. The van der Waals surface area contributed by atoms with Gasteiger partial charge >= 0.3 is 0 Å². The molecule has 0 bridgehead atoms. The molecule has 3 N–H and O–H groups in total. The minimum absolute atomic E-state index is 0.00217.